The third-order valence-corrected chi connectivity index (χ3v) is 8.23. The molecule has 1 fully saturated rings. The summed E-state index contributed by atoms with van der Waals surface area (Å²) in [5.74, 6) is -4.94. The van der Waals surface area contributed by atoms with Crippen LogP contribution < -0.4 is 32.3 Å². The number of Topliss-reactive ketones (excluding diaryl/α,β-unsaturated/α-hetero) is 1. The Morgan fingerprint density at radius 2 is 1.65 bits per heavy atom. The first-order valence-corrected chi connectivity index (χ1v) is 17.7. The highest BCUT2D eigenvalue weighted by Crippen LogP contribution is 2.15. The van der Waals surface area contributed by atoms with Crippen molar-refractivity contribution in [2.24, 2.45) is 11.7 Å². The number of ether oxygens (including phenoxy) is 1. The third-order valence-electron chi connectivity index (χ3n) is 8.23. The predicted octanol–water partition coefficient (Wildman–Crippen LogP) is 0.738. The molecule has 0 bridgehead atoms. The minimum Gasteiger partial charge on any atom is -0.480 e. The van der Waals surface area contributed by atoms with Gasteiger partial charge in [0.2, 0.25) is 35.3 Å². The lowest BCUT2D eigenvalue weighted by atomic mass is 10.0. The van der Waals surface area contributed by atoms with Crippen LogP contribution in [0.2, 0.25) is 0 Å². The van der Waals surface area contributed by atoms with Gasteiger partial charge in [0.15, 0.2) is 0 Å². The highest BCUT2D eigenvalue weighted by atomic mass is 16.5. The lowest BCUT2D eigenvalue weighted by Crippen LogP contribution is -2.54. The van der Waals surface area contributed by atoms with Gasteiger partial charge < -0.3 is 47.7 Å². The van der Waals surface area contributed by atoms with Crippen LogP contribution in [0, 0.1) is 5.92 Å². The molecule has 8 amide bonds. The first-order chi connectivity index (χ1) is 26.5. The number of imide groups is 1. The second kappa shape index (κ2) is 23.5. The second-order valence-electron chi connectivity index (χ2n) is 12.9. The first-order valence-electron chi connectivity index (χ1n) is 18.3. The Kier molecular flexibility index (Phi) is 18.5. The Hall–Kier alpha value is -6.17. The van der Waals surface area contributed by atoms with Crippen LogP contribution in [0.3, 0.4) is 0 Å². The molecular formula is C35H49N9O11. The Morgan fingerprint density at radius 3 is 2.25 bits per heavy atom. The molecular weight excluding hydrogens is 722 g/mol. The molecule has 20 heteroatoms. The number of benzene rings is 1. The summed E-state index contributed by atoms with van der Waals surface area (Å²) >= 11 is 0. The molecule has 0 saturated carbocycles. The molecule has 55 heavy (non-hydrogen) atoms. The normalized spacial score (nSPS) is 15.4. The van der Waals surface area contributed by atoms with Gasteiger partial charge in [-0.15, -0.1) is 0 Å². The fourth-order valence-corrected chi connectivity index (χ4v) is 5.23. The average Bonchev–Trinajstić information content (AvgIpc) is 3.38. The van der Waals surface area contributed by atoms with Crippen LogP contribution in [0.25, 0.3) is 5.53 Å². The van der Waals surface area contributed by atoms with Crippen LogP contribution in [0.1, 0.15) is 85.0 Å². The van der Waals surface area contributed by atoms with Gasteiger partial charge in [0.25, 0.3) is 0 Å². The van der Waals surface area contributed by atoms with E-state index in [4.69, 9.17) is 17.4 Å². The topological polar surface area (TPSA) is 309 Å². The summed E-state index contributed by atoms with van der Waals surface area (Å²) in [7, 11) is 0. The van der Waals surface area contributed by atoms with Crippen LogP contribution in [0.5, 0.6) is 0 Å². The Balaban J connectivity index is 1.95. The van der Waals surface area contributed by atoms with Gasteiger partial charge in [-0.2, -0.15) is 4.79 Å². The number of nitrogens with two attached hydrogens (primary N) is 1. The largest absolute Gasteiger partial charge is 0.480 e. The van der Waals surface area contributed by atoms with Crippen molar-refractivity contribution in [2.75, 3.05) is 18.4 Å². The molecule has 3 unspecified atom stereocenters. The molecule has 1 aromatic carbocycles. The summed E-state index contributed by atoms with van der Waals surface area (Å²) in [4.78, 5) is 113. The van der Waals surface area contributed by atoms with E-state index in [-0.39, 0.29) is 70.0 Å². The number of hydrogen-bond donors (Lipinski definition) is 7. The quantitative estimate of drug-likeness (QED) is 0.0253. The number of unbranched alkanes of at least 4 members (excludes halogenated alkanes) is 2. The average molecular weight is 774 g/mol. The summed E-state index contributed by atoms with van der Waals surface area (Å²) in [5, 5.41) is 21.9. The van der Waals surface area contributed by atoms with Crippen molar-refractivity contribution in [3.05, 3.63) is 35.4 Å². The summed E-state index contributed by atoms with van der Waals surface area (Å²) in [6.45, 7) is 3.46. The van der Waals surface area contributed by atoms with Gasteiger partial charge >= 0.3 is 24.3 Å². The monoisotopic (exact) mass is 773 g/mol. The second-order valence-corrected chi connectivity index (χ2v) is 12.9. The van der Waals surface area contributed by atoms with Crippen molar-refractivity contribution >= 4 is 65.3 Å². The molecule has 1 heterocycles. The number of alkyl carbamates (subject to hydrolysis) is 1. The number of anilines is 1. The number of rotatable bonds is 24. The van der Waals surface area contributed by atoms with Crippen molar-refractivity contribution in [2.45, 2.75) is 103 Å². The summed E-state index contributed by atoms with van der Waals surface area (Å²) < 4.78 is 12.6. The van der Waals surface area contributed by atoms with Gasteiger partial charge in [-0.05, 0) is 55.7 Å². The smallest absolute Gasteiger partial charge is 0.408 e. The highest BCUT2D eigenvalue weighted by Gasteiger charge is 2.30. The minimum absolute atomic E-state index is 0.0706. The maximum atomic E-state index is 13.4. The summed E-state index contributed by atoms with van der Waals surface area (Å²) in [5.41, 5.74) is 14.3. The number of carboxylic acids is 1. The molecule has 4 atom stereocenters. The Bertz CT molecular complexity index is 1650. The molecule has 1 aliphatic heterocycles. The molecule has 0 spiro atoms. The van der Waals surface area contributed by atoms with Gasteiger partial charge in [-0.1, -0.05) is 32.4 Å². The van der Waals surface area contributed by atoms with E-state index in [2.05, 4.69) is 31.4 Å². The molecule has 8 N–H and O–H groups in total. The van der Waals surface area contributed by atoms with E-state index in [1.165, 1.54) is 24.3 Å². The molecule has 1 aromatic rings. The number of carboxylic acid groups (broad SMARTS) is 1. The lowest BCUT2D eigenvalue weighted by molar-refractivity contribution is -0.140. The molecule has 0 radical (unpaired) electrons. The standard InChI is InChI=1S/C35H49N9O11/c1-21(2)30(43-27(46)8-4-3-5-18-44-28(47)15-16-29(44)48)32(50)41-25(7-6-17-38-34(36)53)31(49)40-23-11-9-22(10-12-23)20-55-35(54)42-26(33(51)52)14-13-24(45)19-39-37/h9-12,19,21,25-26,30H,3-8,13-18,20H2,1-2H3,(H,40,49)(H,41,50)(H,42,54)(H,43,46)(H,51,52)(H3,36,38,53)/t25?,26-,30?/m0/s1/i15T/t15?,25?,26-,30?. The van der Waals surface area contributed by atoms with Crippen LogP contribution >= 0.6 is 0 Å². The van der Waals surface area contributed by atoms with Crippen LogP contribution in [0.15, 0.2) is 24.3 Å². The molecule has 1 saturated heterocycles. The maximum absolute atomic E-state index is 13.4. The van der Waals surface area contributed by atoms with E-state index < -0.39 is 72.0 Å². The molecule has 300 valence electrons. The zero-order chi connectivity index (χ0) is 41.8. The number of nitrogens with one attached hydrogen (secondary N) is 5. The molecule has 0 aromatic heterocycles. The van der Waals surface area contributed by atoms with E-state index in [9.17, 15) is 48.3 Å². The van der Waals surface area contributed by atoms with E-state index in [1.807, 2.05) is 0 Å². The number of amides is 8. The number of carbonyl (C=O) groups excluding carboxylic acids is 8. The van der Waals surface area contributed by atoms with E-state index in [0.717, 1.165) is 4.90 Å². The van der Waals surface area contributed by atoms with Gasteiger partial charge in [-0.3, -0.25) is 33.7 Å². The molecule has 2 rings (SSSR count). The fraction of sp³-hybridized carbons (Fsp3) is 0.543. The predicted molar refractivity (Wildman–Crippen MR) is 194 cm³/mol. The summed E-state index contributed by atoms with van der Waals surface area (Å²) in [6.07, 6.45) is -0.389. The zero-order valence-electron chi connectivity index (χ0n) is 31.7. The number of ketones is 1. The van der Waals surface area contributed by atoms with Crippen LogP contribution in [-0.2, 0) is 44.9 Å². The first kappa shape index (κ1) is 43.2. The van der Waals surface area contributed by atoms with Crippen molar-refractivity contribution in [3.63, 3.8) is 0 Å². The number of nitrogens with zero attached hydrogens (tertiary/aromatic N) is 3. The van der Waals surface area contributed by atoms with Crippen molar-refractivity contribution in [1.29, 1.82) is 0 Å². The van der Waals surface area contributed by atoms with Crippen LogP contribution in [-0.4, -0.2) is 106 Å². The number of aliphatic carboxylic acids is 1. The molecule has 1 aliphatic rings. The molecule has 0 aliphatic carbocycles. The van der Waals surface area contributed by atoms with Gasteiger partial charge in [0.1, 0.15) is 24.7 Å². The summed E-state index contributed by atoms with van der Waals surface area (Å²) in [6, 6.07) is 1.75. The Labute approximate surface area is 318 Å². The van der Waals surface area contributed by atoms with Crippen LogP contribution in [0.4, 0.5) is 15.3 Å². The maximum Gasteiger partial charge on any atom is 0.408 e. The van der Waals surface area contributed by atoms with E-state index >= 15 is 0 Å². The number of likely N-dealkylation sites (tertiary alicyclic amines) is 1. The number of hydrogen-bond acceptors (Lipinski definition) is 10. The number of carbonyl (C=O) groups is 9. The number of urea groups is 1. The molecule has 20 nitrogen and oxygen atoms in total. The SMILES string of the molecule is [3H]C1CC(=O)N(CCCCCC(=O)NC(C(=O)NC(CCCNC(N)=O)C(=O)Nc2ccc(COC(=O)N[C@@H](CCC(=O)C=[N+]=[N-])C(=O)O)cc2)C(C)C)C1=O. The van der Waals surface area contributed by atoms with Gasteiger partial charge in [0, 0.05) is 45.8 Å². The number of primary amides is 1. The van der Waals surface area contributed by atoms with Crippen molar-refractivity contribution in [3.8, 4) is 0 Å². The zero-order valence-corrected chi connectivity index (χ0v) is 30.7. The van der Waals surface area contributed by atoms with Crippen molar-refractivity contribution < 1.29 is 59.2 Å². The highest BCUT2D eigenvalue weighted by molar-refractivity contribution is 6.25. The Morgan fingerprint density at radius 1 is 0.945 bits per heavy atom. The fourth-order valence-electron chi connectivity index (χ4n) is 5.23. The van der Waals surface area contributed by atoms with E-state index in [0.29, 0.717) is 36.7 Å². The van der Waals surface area contributed by atoms with E-state index in [1.54, 1.807) is 13.8 Å². The van der Waals surface area contributed by atoms with Gasteiger partial charge in [-0.25, -0.2) is 14.4 Å². The third kappa shape index (κ3) is 17.0. The lowest BCUT2D eigenvalue weighted by Gasteiger charge is -2.25. The minimum atomic E-state index is -1.44. The van der Waals surface area contributed by atoms with Crippen molar-refractivity contribution in [1.82, 2.24) is 26.2 Å². The van der Waals surface area contributed by atoms with Gasteiger partial charge in [0.05, 0.1) is 0 Å².